The molecule has 0 fully saturated rings. The Morgan fingerprint density at radius 3 is 2.62 bits per heavy atom. The van der Waals surface area contributed by atoms with Gasteiger partial charge in [-0.2, -0.15) is 0 Å². The standard InChI is InChI=1S/C9H8N2O2/c10-8-2-1-6(4-12)3-7(8)9(11)5-13/h1-5,11H,10H2. The fraction of sp³-hybridized carbons (Fsp3) is 0. The number of anilines is 1. The Hall–Kier alpha value is -1.97. The quantitative estimate of drug-likeness (QED) is 0.403. The number of nitrogens with two attached hydrogens (primary N) is 1. The van der Waals surface area contributed by atoms with E-state index in [-0.39, 0.29) is 5.71 Å². The molecule has 0 amide bonds. The van der Waals surface area contributed by atoms with Crippen molar-refractivity contribution in [2.24, 2.45) is 0 Å². The van der Waals surface area contributed by atoms with Gasteiger partial charge in [-0.05, 0) is 18.2 Å². The maximum atomic E-state index is 10.4. The van der Waals surface area contributed by atoms with Crippen LogP contribution >= 0.6 is 0 Å². The summed E-state index contributed by atoms with van der Waals surface area (Å²) in [5.41, 5.74) is 6.30. The second kappa shape index (κ2) is 3.62. The smallest absolute Gasteiger partial charge is 0.168 e. The summed E-state index contributed by atoms with van der Waals surface area (Å²) in [5.74, 6) is 0. The molecule has 66 valence electrons. The summed E-state index contributed by atoms with van der Waals surface area (Å²) in [6, 6.07) is 4.44. The van der Waals surface area contributed by atoms with Crippen LogP contribution in [0.3, 0.4) is 0 Å². The first-order chi connectivity index (χ1) is 6.19. The minimum atomic E-state index is -0.221. The van der Waals surface area contributed by atoms with E-state index >= 15 is 0 Å². The highest BCUT2D eigenvalue weighted by molar-refractivity contribution is 6.36. The molecular weight excluding hydrogens is 168 g/mol. The van der Waals surface area contributed by atoms with Crippen LogP contribution < -0.4 is 5.73 Å². The summed E-state index contributed by atoms with van der Waals surface area (Å²) in [7, 11) is 0. The van der Waals surface area contributed by atoms with Crippen molar-refractivity contribution in [2.45, 2.75) is 0 Å². The highest BCUT2D eigenvalue weighted by Gasteiger charge is 2.05. The Morgan fingerprint density at radius 2 is 2.08 bits per heavy atom. The van der Waals surface area contributed by atoms with Crippen LogP contribution in [0.15, 0.2) is 18.2 Å². The van der Waals surface area contributed by atoms with Crippen molar-refractivity contribution in [1.29, 1.82) is 5.41 Å². The summed E-state index contributed by atoms with van der Waals surface area (Å²) in [5, 5.41) is 7.23. The average Bonchev–Trinajstić information content (AvgIpc) is 2.17. The summed E-state index contributed by atoms with van der Waals surface area (Å²) in [4.78, 5) is 20.7. The van der Waals surface area contributed by atoms with Gasteiger partial charge in [0.2, 0.25) is 0 Å². The van der Waals surface area contributed by atoms with Gasteiger partial charge in [0.25, 0.3) is 0 Å². The lowest BCUT2D eigenvalue weighted by Crippen LogP contribution is -2.05. The van der Waals surface area contributed by atoms with Crippen molar-refractivity contribution in [2.75, 3.05) is 5.73 Å². The fourth-order valence-corrected chi connectivity index (χ4v) is 0.944. The van der Waals surface area contributed by atoms with Crippen LogP contribution in [0.4, 0.5) is 5.69 Å². The van der Waals surface area contributed by atoms with Crippen molar-refractivity contribution >= 4 is 24.0 Å². The van der Waals surface area contributed by atoms with Crippen LogP contribution in [0, 0.1) is 5.41 Å². The lowest BCUT2D eigenvalue weighted by atomic mass is 10.1. The average molecular weight is 176 g/mol. The number of nitrogens with one attached hydrogen (secondary N) is 1. The molecule has 0 aromatic heterocycles. The zero-order valence-corrected chi connectivity index (χ0v) is 6.78. The first-order valence-corrected chi connectivity index (χ1v) is 3.58. The van der Waals surface area contributed by atoms with Crippen molar-refractivity contribution in [1.82, 2.24) is 0 Å². The number of aldehydes is 2. The third kappa shape index (κ3) is 1.79. The number of hydrogen-bond donors (Lipinski definition) is 2. The molecule has 0 atom stereocenters. The molecule has 3 N–H and O–H groups in total. The van der Waals surface area contributed by atoms with E-state index in [4.69, 9.17) is 11.1 Å². The molecule has 0 aliphatic carbocycles. The first kappa shape index (κ1) is 9.12. The molecule has 0 spiro atoms. The predicted molar refractivity (Wildman–Crippen MR) is 49.1 cm³/mol. The second-order valence-corrected chi connectivity index (χ2v) is 2.50. The zero-order valence-electron chi connectivity index (χ0n) is 6.78. The number of hydrogen-bond acceptors (Lipinski definition) is 4. The van der Waals surface area contributed by atoms with Gasteiger partial charge >= 0.3 is 0 Å². The molecule has 0 bridgehead atoms. The number of rotatable bonds is 3. The largest absolute Gasteiger partial charge is 0.398 e. The van der Waals surface area contributed by atoms with Crippen LogP contribution in [0.2, 0.25) is 0 Å². The molecule has 1 aromatic rings. The van der Waals surface area contributed by atoms with Gasteiger partial charge < -0.3 is 5.73 Å². The van der Waals surface area contributed by atoms with Crippen LogP contribution in [0.1, 0.15) is 15.9 Å². The van der Waals surface area contributed by atoms with Gasteiger partial charge in [-0.15, -0.1) is 0 Å². The van der Waals surface area contributed by atoms with Crippen LogP contribution in [-0.4, -0.2) is 18.3 Å². The SMILES string of the molecule is N=C(C=O)c1cc(C=O)ccc1N. The molecule has 4 nitrogen and oxygen atoms in total. The topological polar surface area (TPSA) is 84.0 Å². The van der Waals surface area contributed by atoms with E-state index in [1.807, 2.05) is 0 Å². The molecule has 0 saturated heterocycles. The first-order valence-electron chi connectivity index (χ1n) is 3.58. The molecule has 0 heterocycles. The van der Waals surface area contributed by atoms with E-state index < -0.39 is 0 Å². The van der Waals surface area contributed by atoms with Crippen molar-refractivity contribution in [3.05, 3.63) is 29.3 Å². The van der Waals surface area contributed by atoms with Crippen molar-refractivity contribution in [3.8, 4) is 0 Å². The van der Waals surface area contributed by atoms with Crippen molar-refractivity contribution in [3.63, 3.8) is 0 Å². The third-order valence-corrected chi connectivity index (χ3v) is 1.62. The van der Waals surface area contributed by atoms with E-state index in [1.54, 1.807) is 0 Å². The van der Waals surface area contributed by atoms with Crippen molar-refractivity contribution < 1.29 is 9.59 Å². The van der Waals surface area contributed by atoms with E-state index in [9.17, 15) is 9.59 Å². The van der Waals surface area contributed by atoms with Crippen LogP contribution in [0.25, 0.3) is 0 Å². The van der Waals surface area contributed by atoms with Crippen LogP contribution in [0.5, 0.6) is 0 Å². The Morgan fingerprint density at radius 1 is 1.38 bits per heavy atom. The number of carbonyl (C=O) groups excluding carboxylic acids is 2. The molecule has 0 unspecified atom stereocenters. The Balaban J connectivity index is 3.25. The lowest BCUT2D eigenvalue weighted by Gasteiger charge is -2.02. The highest BCUT2D eigenvalue weighted by atomic mass is 16.1. The minimum Gasteiger partial charge on any atom is -0.398 e. The number of benzene rings is 1. The molecular formula is C9H8N2O2. The van der Waals surface area contributed by atoms with Gasteiger partial charge in [-0.1, -0.05) is 0 Å². The summed E-state index contributed by atoms with van der Waals surface area (Å²) in [6.07, 6.45) is 1.03. The third-order valence-electron chi connectivity index (χ3n) is 1.62. The summed E-state index contributed by atoms with van der Waals surface area (Å²) in [6.45, 7) is 0. The van der Waals surface area contributed by atoms with E-state index in [0.29, 0.717) is 29.4 Å². The molecule has 0 aliphatic heterocycles. The number of nitrogen functional groups attached to an aromatic ring is 1. The maximum Gasteiger partial charge on any atom is 0.168 e. The van der Waals surface area contributed by atoms with Gasteiger partial charge in [0, 0.05) is 16.8 Å². The maximum absolute atomic E-state index is 10.4. The molecule has 13 heavy (non-hydrogen) atoms. The van der Waals surface area contributed by atoms with Gasteiger partial charge in [-0.25, -0.2) is 0 Å². The number of carbonyl (C=O) groups is 2. The van der Waals surface area contributed by atoms with Gasteiger partial charge in [0.05, 0.1) is 0 Å². The molecule has 0 saturated carbocycles. The summed E-state index contributed by atoms with van der Waals surface area (Å²) >= 11 is 0. The monoisotopic (exact) mass is 176 g/mol. The lowest BCUT2D eigenvalue weighted by molar-refractivity contribution is -0.102. The van der Waals surface area contributed by atoms with E-state index in [2.05, 4.69) is 0 Å². The molecule has 1 rings (SSSR count). The molecule has 0 aliphatic rings. The normalized spacial score (nSPS) is 9.23. The van der Waals surface area contributed by atoms with Gasteiger partial charge in [0.1, 0.15) is 12.0 Å². The van der Waals surface area contributed by atoms with Crippen LogP contribution in [-0.2, 0) is 4.79 Å². The Bertz CT molecular complexity index is 372. The Kier molecular flexibility index (Phi) is 2.54. The van der Waals surface area contributed by atoms with E-state index in [0.717, 1.165) is 0 Å². The predicted octanol–water partition coefficient (Wildman–Crippen LogP) is 0.648. The van der Waals surface area contributed by atoms with Gasteiger partial charge in [0.15, 0.2) is 6.29 Å². The van der Waals surface area contributed by atoms with E-state index in [1.165, 1.54) is 18.2 Å². The molecule has 0 radical (unpaired) electrons. The second-order valence-electron chi connectivity index (χ2n) is 2.50. The Labute approximate surface area is 74.9 Å². The zero-order chi connectivity index (χ0) is 9.84. The minimum absolute atomic E-state index is 0.221. The highest BCUT2D eigenvalue weighted by Crippen LogP contribution is 2.12. The molecule has 1 aromatic carbocycles. The fourth-order valence-electron chi connectivity index (χ4n) is 0.944. The van der Waals surface area contributed by atoms with Gasteiger partial charge in [-0.3, -0.25) is 15.0 Å². The molecule has 4 heteroatoms. The summed E-state index contributed by atoms with van der Waals surface area (Å²) < 4.78 is 0.